The monoisotopic (exact) mass is 283 g/mol. The van der Waals surface area contributed by atoms with Crippen molar-refractivity contribution in [2.75, 3.05) is 7.11 Å². The molecule has 1 unspecified atom stereocenters. The van der Waals surface area contributed by atoms with Gasteiger partial charge < -0.3 is 10.5 Å². The van der Waals surface area contributed by atoms with Gasteiger partial charge in [-0.05, 0) is 40.7 Å². The second kappa shape index (κ2) is 6.31. The molecule has 21 heavy (non-hydrogen) atoms. The highest BCUT2D eigenvalue weighted by Gasteiger charge is 2.14. The van der Waals surface area contributed by atoms with Gasteiger partial charge >= 0.3 is 0 Å². The lowest BCUT2D eigenvalue weighted by molar-refractivity contribution is 0.414. The van der Waals surface area contributed by atoms with Crippen LogP contribution in [-0.2, 0) is 11.8 Å². The Kier molecular flexibility index (Phi) is 4.69. The van der Waals surface area contributed by atoms with Gasteiger partial charge in [-0.1, -0.05) is 57.2 Å². The third-order valence-electron chi connectivity index (χ3n) is 3.79. The molecule has 0 saturated heterocycles. The molecule has 0 spiro atoms. The summed E-state index contributed by atoms with van der Waals surface area (Å²) in [7, 11) is 1.68. The van der Waals surface area contributed by atoms with E-state index in [1.54, 1.807) is 7.11 Å². The predicted molar refractivity (Wildman–Crippen MR) is 88.8 cm³/mol. The van der Waals surface area contributed by atoms with Crippen LogP contribution in [0.3, 0.4) is 0 Å². The second-order valence-electron chi connectivity index (χ2n) is 6.53. The third kappa shape index (κ3) is 4.08. The third-order valence-corrected chi connectivity index (χ3v) is 3.79. The second-order valence-corrected chi connectivity index (χ2v) is 6.53. The zero-order chi connectivity index (χ0) is 15.5. The average Bonchev–Trinajstić information content (AvgIpc) is 2.46. The van der Waals surface area contributed by atoms with Gasteiger partial charge in [0.15, 0.2) is 0 Å². The van der Waals surface area contributed by atoms with Gasteiger partial charge in [0.05, 0.1) is 7.11 Å². The molecule has 2 rings (SSSR count). The molecule has 112 valence electrons. The van der Waals surface area contributed by atoms with E-state index in [1.807, 2.05) is 18.2 Å². The van der Waals surface area contributed by atoms with Gasteiger partial charge in [0.2, 0.25) is 0 Å². The Labute approximate surface area is 127 Å². The number of nitrogens with two attached hydrogens (primary N) is 1. The van der Waals surface area contributed by atoms with Crippen molar-refractivity contribution in [3.63, 3.8) is 0 Å². The Balaban J connectivity index is 2.11. The largest absolute Gasteiger partial charge is 0.497 e. The summed E-state index contributed by atoms with van der Waals surface area (Å²) in [5.74, 6) is 0.878. The van der Waals surface area contributed by atoms with Gasteiger partial charge in [-0.25, -0.2) is 0 Å². The zero-order valence-electron chi connectivity index (χ0n) is 13.4. The first-order valence-electron chi connectivity index (χ1n) is 7.39. The normalized spacial score (nSPS) is 13.0. The van der Waals surface area contributed by atoms with E-state index in [9.17, 15) is 0 Å². The van der Waals surface area contributed by atoms with Crippen molar-refractivity contribution in [1.29, 1.82) is 0 Å². The lowest BCUT2D eigenvalue weighted by Gasteiger charge is -2.20. The number of hydrogen-bond acceptors (Lipinski definition) is 2. The van der Waals surface area contributed by atoms with Crippen molar-refractivity contribution in [2.24, 2.45) is 5.73 Å². The molecule has 0 aliphatic heterocycles. The highest BCUT2D eigenvalue weighted by Crippen LogP contribution is 2.25. The fourth-order valence-electron chi connectivity index (χ4n) is 2.40. The SMILES string of the molecule is COc1cccc(CC(N)c2ccc(C(C)(C)C)cc2)c1. The molecule has 0 heterocycles. The van der Waals surface area contributed by atoms with Crippen LogP contribution in [0.15, 0.2) is 48.5 Å². The van der Waals surface area contributed by atoms with E-state index < -0.39 is 0 Å². The van der Waals surface area contributed by atoms with Crippen molar-refractivity contribution in [2.45, 2.75) is 38.6 Å². The van der Waals surface area contributed by atoms with E-state index in [-0.39, 0.29) is 11.5 Å². The van der Waals surface area contributed by atoms with Crippen LogP contribution in [0.1, 0.15) is 43.5 Å². The number of benzene rings is 2. The van der Waals surface area contributed by atoms with Gasteiger partial charge in [-0.15, -0.1) is 0 Å². The molecule has 2 aromatic carbocycles. The Hall–Kier alpha value is -1.80. The van der Waals surface area contributed by atoms with E-state index in [0.29, 0.717) is 0 Å². The topological polar surface area (TPSA) is 35.2 Å². The van der Waals surface area contributed by atoms with Crippen LogP contribution < -0.4 is 10.5 Å². The first-order chi connectivity index (χ1) is 9.90. The summed E-state index contributed by atoms with van der Waals surface area (Å²) in [5, 5.41) is 0. The smallest absolute Gasteiger partial charge is 0.119 e. The molecule has 2 heteroatoms. The van der Waals surface area contributed by atoms with Gasteiger partial charge in [-0.3, -0.25) is 0 Å². The molecule has 0 aromatic heterocycles. The van der Waals surface area contributed by atoms with Crippen molar-refractivity contribution in [1.82, 2.24) is 0 Å². The summed E-state index contributed by atoms with van der Waals surface area (Å²) in [4.78, 5) is 0. The van der Waals surface area contributed by atoms with Crippen molar-refractivity contribution >= 4 is 0 Å². The van der Waals surface area contributed by atoms with E-state index >= 15 is 0 Å². The average molecular weight is 283 g/mol. The summed E-state index contributed by atoms with van der Waals surface area (Å²) in [6.45, 7) is 6.66. The fourth-order valence-corrected chi connectivity index (χ4v) is 2.40. The van der Waals surface area contributed by atoms with Crippen LogP contribution in [0.2, 0.25) is 0 Å². The van der Waals surface area contributed by atoms with E-state index in [0.717, 1.165) is 12.2 Å². The molecule has 2 N–H and O–H groups in total. The van der Waals surface area contributed by atoms with Gasteiger partial charge in [-0.2, -0.15) is 0 Å². The molecule has 0 radical (unpaired) electrons. The van der Waals surface area contributed by atoms with Crippen molar-refractivity contribution in [3.8, 4) is 5.75 Å². The van der Waals surface area contributed by atoms with E-state index in [2.05, 4.69) is 51.1 Å². The van der Waals surface area contributed by atoms with Crippen LogP contribution in [0, 0.1) is 0 Å². The molecule has 0 saturated carbocycles. The van der Waals surface area contributed by atoms with Gasteiger partial charge in [0.1, 0.15) is 5.75 Å². The zero-order valence-corrected chi connectivity index (χ0v) is 13.4. The minimum atomic E-state index is 0.00567. The van der Waals surface area contributed by atoms with Crippen LogP contribution in [0.5, 0.6) is 5.75 Å². The summed E-state index contributed by atoms with van der Waals surface area (Å²) < 4.78 is 5.25. The molecule has 0 bridgehead atoms. The highest BCUT2D eigenvalue weighted by atomic mass is 16.5. The summed E-state index contributed by atoms with van der Waals surface area (Å²) >= 11 is 0. The minimum absolute atomic E-state index is 0.00567. The molecule has 0 aliphatic rings. The summed E-state index contributed by atoms with van der Waals surface area (Å²) in [5.41, 5.74) is 10.2. The van der Waals surface area contributed by atoms with Crippen LogP contribution >= 0.6 is 0 Å². The number of rotatable bonds is 4. The first-order valence-corrected chi connectivity index (χ1v) is 7.39. The Bertz CT molecular complexity index is 581. The first kappa shape index (κ1) is 15.6. The molecule has 0 fully saturated rings. The molecule has 1 atom stereocenters. The lowest BCUT2D eigenvalue weighted by atomic mass is 9.86. The summed E-state index contributed by atoms with van der Waals surface area (Å²) in [6.07, 6.45) is 0.812. The summed E-state index contributed by atoms with van der Waals surface area (Å²) in [6, 6.07) is 16.7. The standard InChI is InChI=1S/C19H25NO/c1-19(2,3)16-10-8-15(9-11-16)18(20)13-14-6-5-7-17(12-14)21-4/h5-12,18H,13,20H2,1-4H3. The molecule has 0 aliphatic carbocycles. The maximum absolute atomic E-state index is 6.34. The molecule has 0 amide bonds. The van der Waals surface area contributed by atoms with Crippen LogP contribution in [0.4, 0.5) is 0 Å². The predicted octanol–water partition coefficient (Wildman–Crippen LogP) is 4.24. The van der Waals surface area contributed by atoms with Gasteiger partial charge in [0.25, 0.3) is 0 Å². The van der Waals surface area contributed by atoms with Crippen LogP contribution in [-0.4, -0.2) is 7.11 Å². The molecular formula is C19H25NO. The van der Waals surface area contributed by atoms with E-state index in [1.165, 1.54) is 16.7 Å². The molecule has 2 aromatic rings. The quantitative estimate of drug-likeness (QED) is 0.911. The Morgan fingerprint density at radius 3 is 2.29 bits per heavy atom. The maximum Gasteiger partial charge on any atom is 0.119 e. The van der Waals surface area contributed by atoms with Crippen molar-refractivity contribution < 1.29 is 4.74 Å². The molecule has 2 nitrogen and oxygen atoms in total. The molecular weight excluding hydrogens is 258 g/mol. The number of methoxy groups -OCH3 is 1. The van der Waals surface area contributed by atoms with Crippen LogP contribution in [0.25, 0.3) is 0 Å². The lowest BCUT2D eigenvalue weighted by Crippen LogP contribution is -2.15. The minimum Gasteiger partial charge on any atom is -0.497 e. The fraction of sp³-hybridized carbons (Fsp3) is 0.368. The Morgan fingerprint density at radius 1 is 1.05 bits per heavy atom. The number of ether oxygens (including phenoxy) is 1. The maximum atomic E-state index is 6.34. The van der Waals surface area contributed by atoms with Gasteiger partial charge in [0, 0.05) is 6.04 Å². The number of hydrogen-bond donors (Lipinski definition) is 1. The van der Waals surface area contributed by atoms with E-state index in [4.69, 9.17) is 10.5 Å². The Morgan fingerprint density at radius 2 is 1.71 bits per heavy atom. The van der Waals surface area contributed by atoms with Crippen molar-refractivity contribution in [3.05, 3.63) is 65.2 Å². The highest BCUT2D eigenvalue weighted by molar-refractivity contribution is 5.32.